The third-order valence-corrected chi connectivity index (χ3v) is 3.65. The van der Waals surface area contributed by atoms with Gasteiger partial charge < -0.3 is 19.5 Å². The molecule has 138 valence electrons. The second-order valence-electron chi connectivity index (χ2n) is 5.87. The molecule has 0 heterocycles. The van der Waals surface area contributed by atoms with Crippen molar-refractivity contribution in [1.82, 2.24) is 0 Å². The second-order valence-corrected chi connectivity index (χ2v) is 5.87. The van der Waals surface area contributed by atoms with Crippen molar-refractivity contribution in [2.45, 2.75) is 33.0 Å². The number of carbonyl (C=O) groups excluding carboxylic acids is 2. The topological polar surface area (TPSA) is 73.9 Å². The van der Waals surface area contributed by atoms with Crippen LogP contribution in [0.2, 0.25) is 0 Å². The van der Waals surface area contributed by atoms with Crippen LogP contribution in [-0.2, 0) is 14.3 Å². The molecule has 0 aliphatic heterocycles. The molecule has 2 aromatic carbocycles. The molecule has 2 aromatic rings. The van der Waals surface area contributed by atoms with E-state index in [1.54, 1.807) is 44.4 Å². The number of rotatable bonds is 7. The monoisotopic (exact) mass is 357 g/mol. The van der Waals surface area contributed by atoms with Gasteiger partial charge in [-0.05, 0) is 62.7 Å². The van der Waals surface area contributed by atoms with Crippen LogP contribution in [0, 0.1) is 6.92 Å². The van der Waals surface area contributed by atoms with Gasteiger partial charge in [0, 0.05) is 5.69 Å². The molecular weight excluding hydrogens is 334 g/mol. The molecule has 6 heteroatoms. The number of esters is 1. The Morgan fingerprint density at radius 1 is 0.962 bits per heavy atom. The van der Waals surface area contributed by atoms with Gasteiger partial charge in [0.25, 0.3) is 5.91 Å². The zero-order chi connectivity index (χ0) is 19.1. The van der Waals surface area contributed by atoms with E-state index < -0.39 is 24.1 Å². The number of benzene rings is 2. The van der Waals surface area contributed by atoms with Crippen molar-refractivity contribution in [3.05, 3.63) is 54.1 Å². The van der Waals surface area contributed by atoms with E-state index in [0.717, 1.165) is 5.56 Å². The molecule has 0 aliphatic carbocycles. The standard InChI is InChI=1S/C20H23NO5/c1-13-6-5-7-18(12-13)25-15(3)20(23)26-14(2)19(22)21-16-8-10-17(24-4)11-9-16/h5-12,14-15H,1-4H3,(H,21,22)/t14-,15-/m0/s1. The van der Waals surface area contributed by atoms with Gasteiger partial charge in [-0.25, -0.2) is 4.79 Å². The highest BCUT2D eigenvalue weighted by atomic mass is 16.6. The first-order chi connectivity index (χ1) is 12.4. The van der Waals surface area contributed by atoms with Gasteiger partial charge in [-0.1, -0.05) is 12.1 Å². The number of anilines is 1. The number of methoxy groups -OCH3 is 1. The fraction of sp³-hybridized carbons (Fsp3) is 0.300. The Balaban J connectivity index is 1.87. The summed E-state index contributed by atoms with van der Waals surface area (Å²) in [7, 11) is 1.56. The number of carbonyl (C=O) groups is 2. The Hall–Kier alpha value is -3.02. The van der Waals surface area contributed by atoms with Gasteiger partial charge in [-0.2, -0.15) is 0 Å². The van der Waals surface area contributed by atoms with Crippen LogP contribution in [0.4, 0.5) is 5.69 Å². The Kier molecular flexibility index (Phi) is 6.60. The average Bonchev–Trinajstić information content (AvgIpc) is 2.62. The van der Waals surface area contributed by atoms with Crippen molar-refractivity contribution in [2.24, 2.45) is 0 Å². The molecule has 0 saturated carbocycles. The van der Waals surface area contributed by atoms with Gasteiger partial charge in [-0.15, -0.1) is 0 Å². The van der Waals surface area contributed by atoms with Crippen molar-refractivity contribution < 1.29 is 23.8 Å². The lowest BCUT2D eigenvalue weighted by Gasteiger charge is -2.18. The van der Waals surface area contributed by atoms with E-state index in [2.05, 4.69) is 5.32 Å². The summed E-state index contributed by atoms with van der Waals surface area (Å²) in [5.41, 5.74) is 1.61. The lowest BCUT2D eigenvalue weighted by molar-refractivity contribution is -0.159. The molecule has 2 rings (SSSR count). The number of hydrogen-bond donors (Lipinski definition) is 1. The molecule has 0 bridgehead atoms. The molecule has 1 amide bonds. The summed E-state index contributed by atoms with van der Waals surface area (Å²) in [6, 6.07) is 14.2. The Labute approximate surface area is 153 Å². The number of hydrogen-bond acceptors (Lipinski definition) is 5. The van der Waals surface area contributed by atoms with E-state index in [1.165, 1.54) is 6.92 Å². The summed E-state index contributed by atoms with van der Waals surface area (Å²) in [4.78, 5) is 24.3. The highest BCUT2D eigenvalue weighted by Crippen LogP contribution is 2.17. The van der Waals surface area contributed by atoms with E-state index in [4.69, 9.17) is 14.2 Å². The van der Waals surface area contributed by atoms with Crippen LogP contribution in [0.15, 0.2) is 48.5 Å². The quantitative estimate of drug-likeness (QED) is 0.770. The minimum atomic E-state index is -0.951. The molecule has 6 nitrogen and oxygen atoms in total. The van der Waals surface area contributed by atoms with Crippen molar-refractivity contribution in [1.29, 1.82) is 0 Å². The van der Waals surface area contributed by atoms with Gasteiger partial charge in [0.15, 0.2) is 12.2 Å². The molecule has 0 aliphatic rings. The van der Waals surface area contributed by atoms with Crippen LogP contribution in [0.1, 0.15) is 19.4 Å². The lowest BCUT2D eigenvalue weighted by Crippen LogP contribution is -2.35. The highest BCUT2D eigenvalue weighted by molar-refractivity contribution is 5.95. The van der Waals surface area contributed by atoms with Gasteiger partial charge in [-0.3, -0.25) is 4.79 Å². The zero-order valence-corrected chi connectivity index (χ0v) is 15.3. The van der Waals surface area contributed by atoms with Crippen molar-refractivity contribution in [2.75, 3.05) is 12.4 Å². The third kappa shape index (κ3) is 5.51. The van der Waals surface area contributed by atoms with Crippen LogP contribution >= 0.6 is 0 Å². The first kappa shape index (κ1) is 19.3. The van der Waals surface area contributed by atoms with Crippen LogP contribution < -0.4 is 14.8 Å². The molecule has 0 saturated heterocycles. The number of aryl methyl sites for hydroxylation is 1. The fourth-order valence-electron chi connectivity index (χ4n) is 2.18. The molecule has 26 heavy (non-hydrogen) atoms. The molecule has 0 aromatic heterocycles. The van der Waals surface area contributed by atoms with Gasteiger partial charge >= 0.3 is 5.97 Å². The smallest absolute Gasteiger partial charge is 0.347 e. The summed E-state index contributed by atoms with van der Waals surface area (Å²) in [6.07, 6.45) is -1.78. The Morgan fingerprint density at radius 3 is 2.27 bits per heavy atom. The normalized spacial score (nSPS) is 12.6. The highest BCUT2D eigenvalue weighted by Gasteiger charge is 2.23. The maximum absolute atomic E-state index is 12.2. The molecule has 1 N–H and O–H groups in total. The third-order valence-electron chi connectivity index (χ3n) is 3.65. The zero-order valence-electron chi connectivity index (χ0n) is 15.3. The molecule has 2 atom stereocenters. The summed E-state index contributed by atoms with van der Waals surface area (Å²) in [5.74, 6) is 0.226. The molecule has 0 radical (unpaired) electrons. The maximum atomic E-state index is 12.2. The summed E-state index contributed by atoms with van der Waals surface area (Å²) < 4.78 is 15.8. The van der Waals surface area contributed by atoms with Crippen LogP contribution in [0.5, 0.6) is 11.5 Å². The minimum Gasteiger partial charge on any atom is -0.497 e. The predicted molar refractivity (Wildman–Crippen MR) is 98.4 cm³/mol. The number of nitrogens with one attached hydrogen (secondary N) is 1. The van der Waals surface area contributed by atoms with Crippen molar-refractivity contribution in [3.8, 4) is 11.5 Å². The van der Waals surface area contributed by atoms with Gasteiger partial charge in [0.1, 0.15) is 11.5 Å². The number of ether oxygens (including phenoxy) is 3. The van der Waals surface area contributed by atoms with Crippen molar-refractivity contribution in [3.63, 3.8) is 0 Å². The van der Waals surface area contributed by atoms with E-state index in [0.29, 0.717) is 17.2 Å². The SMILES string of the molecule is COc1ccc(NC(=O)[C@H](C)OC(=O)[C@H](C)Oc2cccc(C)c2)cc1. The summed E-state index contributed by atoms with van der Waals surface area (Å²) in [5, 5.41) is 2.68. The van der Waals surface area contributed by atoms with Gasteiger partial charge in [0.2, 0.25) is 0 Å². The minimum absolute atomic E-state index is 0.425. The first-order valence-electron chi connectivity index (χ1n) is 8.28. The summed E-state index contributed by atoms with van der Waals surface area (Å²) in [6.45, 7) is 5.02. The van der Waals surface area contributed by atoms with Crippen LogP contribution in [-0.4, -0.2) is 31.2 Å². The molecule has 0 unspecified atom stereocenters. The lowest BCUT2D eigenvalue weighted by atomic mass is 10.2. The average molecular weight is 357 g/mol. The fourth-order valence-corrected chi connectivity index (χ4v) is 2.18. The first-order valence-corrected chi connectivity index (χ1v) is 8.28. The Morgan fingerprint density at radius 2 is 1.65 bits per heavy atom. The van der Waals surface area contributed by atoms with E-state index >= 15 is 0 Å². The Bertz CT molecular complexity index is 757. The van der Waals surface area contributed by atoms with Gasteiger partial charge in [0.05, 0.1) is 7.11 Å². The van der Waals surface area contributed by atoms with E-state index in [1.807, 2.05) is 25.1 Å². The van der Waals surface area contributed by atoms with E-state index in [-0.39, 0.29) is 0 Å². The van der Waals surface area contributed by atoms with E-state index in [9.17, 15) is 9.59 Å². The van der Waals surface area contributed by atoms with Crippen molar-refractivity contribution >= 4 is 17.6 Å². The predicted octanol–water partition coefficient (Wildman–Crippen LogP) is 3.34. The maximum Gasteiger partial charge on any atom is 0.347 e. The molecular formula is C20H23NO5. The second kappa shape index (κ2) is 8.89. The molecule has 0 spiro atoms. The summed E-state index contributed by atoms with van der Waals surface area (Å²) >= 11 is 0. The largest absolute Gasteiger partial charge is 0.497 e. The van der Waals surface area contributed by atoms with Crippen LogP contribution in [0.3, 0.4) is 0 Å². The van der Waals surface area contributed by atoms with Crippen LogP contribution in [0.25, 0.3) is 0 Å². The molecule has 0 fully saturated rings. The number of amides is 1.